The van der Waals surface area contributed by atoms with Crippen molar-refractivity contribution in [1.29, 1.82) is 0 Å². The number of hydrogen-bond donors (Lipinski definition) is 1. The number of nitrogens with one attached hydrogen (secondary N) is 1. The van der Waals surface area contributed by atoms with Crippen LogP contribution in [0.4, 0.5) is 11.4 Å². The third kappa shape index (κ3) is 3.80. The van der Waals surface area contributed by atoms with Crippen LogP contribution in [-0.4, -0.2) is 61.3 Å². The van der Waals surface area contributed by atoms with Gasteiger partial charge < -0.3 is 5.32 Å². The lowest BCUT2D eigenvalue weighted by Gasteiger charge is -2.19. The van der Waals surface area contributed by atoms with Gasteiger partial charge in [-0.15, -0.1) is 0 Å². The zero-order valence-electron chi connectivity index (χ0n) is 16.2. The number of carbonyl (C=O) groups is 1. The highest BCUT2D eigenvalue weighted by molar-refractivity contribution is 7.94. The molecule has 0 saturated heterocycles. The predicted octanol–water partition coefficient (Wildman–Crippen LogP) is 0.868. The zero-order valence-corrected chi connectivity index (χ0v) is 17.9. The maximum Gasteiger partial charge on any atom is 0.326 e. The van der Waals surface area contributed by atoms with E-state index in [0.29, 0.717) is 11.4 Å². The van der Waals surface area contributed by atoms with Crippen LogP contribution in [0.25, 0.3) is 0 Å². The first-order valence-corrected chi connectivity index (χ1v) is 11.6. The van der Waals surface area contributed by atoms with Gasteiger partial charge in [-0.3, -0.25) is 9.10 Å². The molecule has 0 atom stereocenters. The van der Waals surface area contributed by atoms with E-state index in [1.54, 1.807) is 24.3 Å². The van der Waals surface area contributed by atoms with Gasteiger partial charge in [0.15, 0.2) is 0 Å². The van der Waals surface area contributed by atoms with Gasteiger partial charge in [-0.1, -0.05) is 12.1 Å². The molecule has 1 amide bonds. The van der Waals surface area contributed by atoms with Crippen LogP contribution in [0.3, 0.4) is 0 Å². The number of nitrogens with zero attached hydrogens (tertiary/aromatic N) is 3. The summed E-state index contributed by atoms with van der Waals surface area (Å²) >= 11 is 0. The van der Waals surface area contributed by atoms with E-state index in [9.17, 15) is 21.6 Å². The summed E-state index contributed by atoms with van der Waals surface area (Å²) < 4.78 is 52.8. The smallest absolute Gasteiger partial charge is 0.326 e. The summed E-state index contributed by atoms with van der Waals surface area (Å²) in [4.78, 5) is 12.4. The summed E-state index contributed by atoms with van der Waals surface area (Å²) in [7, 11) is -2.90. The van der Waals surface area contributed by atoms with E-state index >= 15 is 0 Å². The number of anilines is 2. The number of hydrogen-bond acceptors (Lipinski definition) is 5. The van der Waals surface area contributed by atoms with Gasteiger partial charge in [0.2, 0.25) is 10.0 Å². The van der Waals surface area contributed by atoms with Gasteiger partial charge in [-0.25, -0.2) is 17.0 Å². The maximum absolute atomic E-state index is 12.6. The SMILES string of the molecule is CN(C)S(=O)(=O)c1ccc(C(=O)NCCN2c3ccccc3N(C)S2(=O)=O)cc1. The Bertz CT molecular complexity index is 1130. The highest BCUT2D eigenvalue weighted by atomic mass is 32.2. The lowest BCUT2D eigenvalue weighted by Crippen LogP contribution is -2.40. The third-order valence-corrected chi connectivity index (χ3v) is 8.26. The minimum absolute atomic E-state index is 0.0719. The molecule has 1 N–H and O–H groups in total. The molecule has 1 aliphatic rings. The van der Waals surface area contributed by atoms with E-state index < -0.39 is 26.1 Å². The average molecular weight is 439 g/mol. The standard InChI is InChI=1S/C18H22N4O5S2/c1-20(2)28(24,25)15-10-8-14(9-11-15)18(23)19-12-13-22-17-7-5-4-6-16(17)21(3)29(22,26)27/h4-11H,12-13H2,1-3H3,(H,19,23). The number of para-hydroxylation sites is 2. The summed E-state index contributed by atoms with van der Waals surface area (Å²) in [5, 5.41) is 2.67. The van der Waals surface area contributed by atoms with Crippen LogP contribution in [0.2, 0.25) is 0 Å². The molecule has 0 fully saturated rings. The van der Waals surface area contributed by atoms with Crippen LogP contribution in [-0.2, 0) is 20.2 Å². The van der Waals surface area contributed by atoms with Crippen molar-refractivity contribution in [3.63, 3.8) is 0 Å². The molecule has 2 aromatic carbocycles. The first-order chi connectivity index (χ1) is 13.6. The van der Waals surface area contributed by atoms with Crippen LogP contribution in [0, 0.1) is 0 Å². The fraction of sp³-hybridized carbons (Fsp3) is 0.278. The van der Waals surface area contributed by atoms with Crippen molar-refractivity contribution >= 4 is 37.5 Å². The molecular formula is C18H22N4O5S2. The van der Waals surface area contributed by atoms with Crippen LogP contribution in [0.5, 0.6) is 0 Å². The average Bonchev–Trinajstić information content (AvgIpc) is 2.88. The molecule has 0 unspecified atom stereocenters. The van der Waals surface area contributed by atoms with Gasteiger partial charge in [-0.05, 0) is 36.4 Å². The molecule has 1 aliphatic heterocycles. The molecule has 1 heterocycles. The van der Waals surface area contributed by atoms with Gasteiger partial charge in [0.25, 0.3) is 5.91 Å². The summed E-state index contributed by atoms with van der Waals surface area (Å²) in [5.74, 6) is -0.419. The Labute approximate surface area is 170 Å². The van der Waals surface area contributed by atoms with Gasteiger partial charge in [0.05, 0.1) is 22.8 Å². The van der Waals surface area contributed by atoms with E-state index in [4.69, 9.17) is 0 Å². The van der Waals surface area contributed by atoms with Crippen molar-refractivity contribution in [3.05, 3.63) is 54.1 Å². The molecule has 0 bridgehead atoms. The summed E-state index contributed by atoms with van der Waals surface area (Å²) in [6.07, 6.45) is 0. The monoisotopic (exact) mass is 438 g/mol. The first kappa shape index (κ1) is 21.1. The fourth-order valence-electron chi connectivity index (χ4n) is 2.94. The lowest BCUT2D eigenvalue weighted by molar-refractivity contribution is 0.0954. The Morgan fingerprint density at radius 2 is 1.62 bits per heavy atom. The van der Waals surface area contributed by atoms with Gasteiger partial charge in [-0.2, -0.15) is 8.42 Å². The number of sulfonamides is 1. The van der Waals surface area contributed by atoms with E-state index in [1.165, 1.54) is 54.0 Å². The second-order valence-electron chi connectivity index (χ2n) is 6.60. The predicted molar refractivity (Wildman–Crippen MR) is 111 cm³/mol. The molecule has 0 spiro atoms. The summed E-state index contributed by atoms with van der Waals surface area (Å²) in [6, 6.07) is 12.5. The summed E-state index contributed by atoms with van der Waals surface area (Å²) in [5.41, 5.74) is 1.42. The Balaban J connectivity index is 1.66. The zero-order chi connectivity index (χ0) is 21.4. The molecule has 11 heteroatoms. The molecule has 29 heavy (non-hydrogen) atoms. The molecular weight excluding hydrogens is 416 g/mol. The second kappa shape index (κ2) is 7.65. The Kier molecular flexibility index (Phi) is 5.57. The van der Waals surface area contributed by atoms with E-state index in [0.717, 1.165) is 4.31 Å². The molecule has 9 nitrogen and oxygen atoms in total. The molecule has 0 saturated carbocycles. The van der Waals surface area contributed by atoms with Gasteiger partial charge in [0.1, 0.15) is 0 Å². The quantitative estimate of drug-likeness (QED) is 0.720. The van der Waals surface area contributed by atoms with E-state index in [1.807, 2.05) is 0 Å². The van der Waals surface area contributed by atoms with E-state index in [2.05, 4.69) is 5.32 Å². The topological polar surface area (TPSA) is 107 Å². The third-order valence-electron chi connectivity index (χ3n) is 4.61. The van der Waals surface area contributed by atoms with Crippen molar-refractivity contribution in [3.8, 4) is 0 Å². The first-order valence-electron chi connectivity index (χ1n) is 8.73. The van der Waals surface area contributed by atoms with Crippen LogP contribution in [0.15, 0.2) is 53.4 Å². The van der Waals surface area contributed by atoms with Gasteiger partial charge in [0, 0.05) is 33.3 Å². The number of fused-ring (bicyclic) bond motifs is 1. The second-order valence-corrected chi connectivity index (χ2v) is 10.6. The highest BCUT2D eigenvalue weighted by Gasteiger charge is 2.37. The van der Waals surface area contributed by atoms with Crippen molar-refractivity contribution in [1.82, 2.24) is 9.62 Å². The number of carbonyl (C=O) groups excluding carboxylic acids is 1. The number of amides is 1. The largest absolute Gasteiger partial charge is 0.350 e. The highest BCUT2D eigenvalue weighted by Crippen LogP contribution is 2.38. The Hall–Kier alpha value is -2.63. The maximum atomic E-state index is 12.6. The number of benzene rings is 2. The van der Waals surface area contributed by atoms with Crippen molar-refractivity contribution in [2.45, 2.75) is 4.90 Å². The molecule has 0 aliphatic carbocycles. The van der Waals surface area contributed by atoms with Crippen molar-refractivity contribution in [2.24, 2.45) is 0 Å². The van der Waals surface area contributed by atoms with Crippen LogP contribution in [0.1, 0.15) is 10.4 Å². The van der Waals surface area contributed by atoms with Gasteiger partial charge >= 0.3 is 10.2 Å². The normalized spacial score (nSPS) is 15.4. The fourth-order valence-corrected chi connectivity index (χ4v) is 5.26. The minimum Gasteiger partial charge on any atom is -0.350 e. The summed E-state index contributed by atoms with van der Waals surface area (Å²) in [6.45, 7) is 0.167. The molecule has 0 radical (unpaired) electrons. The molecule has 3 rings (SSSR count). The molecule has 2 aromatic rings. The van der Waals surface area contributed by atoms with Crippen molar-refractivity contribution in [2.75, 3.05) is 42.8 Å². The van der Waals surface area contributed by atoms with Crippen LogP contribution >= 0.6 is 0 Å². The minimum atomic E-state index is -3.67. The molecule has 0 aromatic heterocycles. The lowest BCUT2D eigenvalue weighted by atomic mass is 10.2. The number of rotatable bonds is 6. The molecule has 156 valence electrons. The Morgan fingerprint density at radius 1 is 1.03 bits per heavy atom. The Morgan fingerprint density at radius 3 is 2.21 bits per heavy atom. The van der Waals surface area contributed by atoms with Crippen LogP contribution < -0.4 is 13.9 Å². The van der Waals surface area contributed by atoms with Crippen molar-refractivity contribution < 1.29 is 21.6 Å². The van der Waals surface area contributed by atoms with E-state index in [-0.39, 0.29) is 23.5 Å².